The first-order valence-corrected chi connectivity index (χ1v) is 6.08. The number of hydrogen-bond donors (Lipinski definition) is 1. The average Bonchev–Trinajstić information content (AvgIpc) is 2.82. The molecule has 8 heteroatoms. The molecule has 108 valence electrons. The number of hydrogen-bond acceptors (Lipinski definition) is 4. The fourth-order valence-electron chi connectivity index (χ4n) is 1.90. The Labute approximate surface area is 113 Å². The van der Waals surface area contributed by atoms with E-state index in [4.69, 9.17) is 0 Å². The van der Waals surface area contributed by atoms with E-state index in [0.717, 1.165) is 6.07 Å². The molecule has 0 aliphatic rings. The zero-order chi connectivity index (χ0) is 14.7. The molecule has 1 unspecified atom stereocenters. The molecule has 0 radical (unpaired) electrons. The summed E-state index contributed by atoms with van der Waals surface area (Å²) in [5.41, 5.74) is -0.00319. The molecule has 2 aromatic rings. The normalized spacial score (nSPS) is 12.7. The molecule has 0 amide bonds. The van der Waals surface area contributed by atoms with Gasteiger partial charge in [0, 0.05) is 11.6 Å². The Balaban J connectivity index is 2.43. The molecule has 0 saturated heterocycles. The van der Waals surface area contributed by atoms with Crippen molar-refractivity contribution in [2.45, 2.75) is 19.4 Å². The smallest absolute Gasteiger partial charge is 0.171 e. The van der Waals surface area contributed by atoms with E-state index in [-0.39, 0.29) is 5.56 Å². The number of tetrazole rings is 1. The van der Waals surface area contributed by atoms with Crippen LogP contribution in [0.4, 0.5) is 13.2 Å². The van der Waals surface area contributed by atoms with E-state index < -0.39 is 23.5 Å². The zero-order valence-corrected chi connectivity index (χ0v) is 11.1. The van der Waals surface area contributed by atoms with Gasteiger partial charge in [0.2, 0.25) is 0 Å². The molecule has 5 nitrogen and oxygen atoms in total. The molecule has 2 rings (SSSR count). The van der Waals surface area contributed by atoms with Crippen LogP contribution in [0.3, 0.4) is 0 Å². The number of benzene rings is 1. The third-order valence-electron chi connectivity index (χ3n) is 2.87. The van der Waals surface area contributed by atoms with Gasteiger partial charge in [-0.2, -0.15) is 4.80 Å². The topological polar surface area (TPSA) is 55.6 Å². The Morgan fingerprint density at radius 3 is 2.50 bits per heavy atom. The van der Waals surface area contributed by atoms with E-state index in [2.05, 4.69) is 20.7 Å². The summed E-state index contributed by atoms with van der Waals surface area (Å²) in [6.07, 6.45) is 0.411. The molecule has 0 aliphatic carbocycles. The Hall–Kier alpha value is -1.96. The summed E-state index contributed by atoms with van der Waals surface area (Å²) in [6, 6.07) is 0.712. The molecule has 0 saturated carbocycles. The summed E-state index contributed by atoms with van der Waals surface area (Å²) >= 11 is 0. The van der Waals surface area contributed by atoms with Crippen LogP contribution >= 0.6 is 0 Å². The highest BCUT2D eigenvalue weighted by atomic mass is 19.2. The number of nitrogens with one attached hydrogen (secondary N) is 1. The highest BCUT2D eigenvalue weighted by Crippen LogP contribution is 2.25. The van der Waals surface area contributed by atoms with Gasteiger partial charge in [0.15, 0.2) is 17.5 Å². The number of nitrogens with zero attached hydrogens (tertiary/aromatic N) is 4. The summed E-state index contributed by atoms with van der Waals surface area (Å²) in [4.78, 5) is 1.21. The minimum Gasteiger partial charge on any atom is -0.320 e. The van der Waals surface area contributed by atoms with Gasteiger partial charge < -0.3 is 5.32 Å². The van der Waals surface area contributed by atoms with Crippen LogP contribution in [0.2, 0.25) is 0 Å². The highest BCUT2D eigenvalue weighted by Gasteiger charge is 2.22. The summed E-state index contributed by atoms with van der Waals surface area (Å²) in [5, 5.41) is 14.4. The van der Waals surface area contributed by atoms with Crippen LogP contribution in [0.15, 0.2) is 12.1 Å². The fourth-order valence-corrected chi connectivity index (χ4v) is 1.90. The lowest BCUT2D eigenvalue weighted by Gasteiger charge is -2.16. The van der Waals surface area contributed by atoms with Gasteiger partial charge in [-0.1, -0.05) is 0 Å². The summed E-state index contributed by atoms with van der Waals surface area (Å²) < 4.78 is 40.2. The molecular weight excluding hydrogens is 271 g/mol. The third-order valence-corrected chi connectivity index (χ3v) is 2.87. The van der Waals surface area contributed by atoms with E-state index in [0.29, 0.717) is 24.9 Å². The van der Waals surface area contributed by atoms with Gasteiger partial charge >= 0.3 is 0 Å². The van der Waals surface area contributed by atoms with E-state index in [1.807, 2.05) is 0 Å². The number of aryl methyl sites for hydroxylation is 1. The maximum Gasteiger partial charge on any atom is 0.171 e. The van der Waals surface area contributed by atoms with Gasteiger partial charge in [0.1, 0.15) is 11.9 Å². The van der Waals surface area contributed by atoms with Crippen molar-refractivity contribution < 1.29 is 13.2 Å². The van der Waals surface area contributed by atoms with Crippen molar-refractivity contribution in [1.29, 1.82) is 0 Å². The molecule has 1 heterocycles. The van der Waals surface area contributed by atoms with Crippen molar-refractivity contribution >= 4 is 0 Å². The van der Waals surface area contributed by atoms with E-state index in [1.54, 1.807) is 14.0 Å². The molecule has 0 bridgehead atoms. The molecule has 1 aromatic heterocycles. The minimum absolute atomic E-state index is 0.00319. The third kappa shape index (κ3) is 2.96. The van der Waals surface area contributed by atoms with Gasteiger partial charge in [-0.05, 0) is 38.2 Å². The Kier molecular flexibility index (Phi) is 4.33. The van der Waals surface area contributed by atoms with Crippen molar-refractivity contribution in [3.8, 4) is 0 Å². The maximum atomic E-state index is 13.9. The molecular formula is C12H14F3N5. The Bertz CT molecular complexity index is 599. The molecule has 0 aliphatic heterocycles. The molecule has 1 aromatic carbocycles. The predicted octanol–water partition coefficient (Wildman–Crippen LogP) is 1.60. The highest BCUT2D eigenvalue weighted by molar-refractivity contribution is 5.23. The lowest BCUT2D eigenvalue weighted by atomic mass is 10.0. The van der Waals surface area contributed by atoms with Gasteiger partial charge in [-0.25, -0.2) is 13.2 Å². The second-order valence-corrected chi connectivity index (χ2v) is 4.35. The number of rotatable bonds is 5. The first-order valence-electron chi connectivity index (χ1n) is 6.08. The summed E-state index contributed by atoms with van der Waals surface area (Å²) in [5.74, 6) is -2.74. The van der Waals surface area contributed by atoms with Crippen LogP contribution in [-0.4, -0.2) is 33.8 Å². The van der Waals surface area contributed by atoms with Gasteiger partial charge in [0.05, 0.1) is 0 Å². The van der Waals surface area contributed by atoms with Gasteiger partial charge in [0.25, 0.3) is 0 Å². The predicted molar refractivity (Wildman–Crippen MR) is 65.6 cm³/mol. The zero-order valence-electron chi connectivity index (χ0n) is 11.1. The van der Waals surface area contributed by atoms with Crippen molar-refractivity contribution in [3.05, 3.63) is 41.0 Å². The van der Waals surface area contributed by atoms with Gasteiger partial charge in [-0.3, -0.25) is 0 Å². The lowest BCUT2D eigenvalue weighted by molar-refractivity contribution is 0.399. The Morgan fingerprint density at radius 1 is 1.20 bits per heavy atom. The van der Waals surface area contributed by atoms with E-state index in [1.165, 1.54) is 4.80 Å². The van der Waals surface area contributed by atoms with Crippen molar-refractivity contribution in [2.24, 2.45) is 0 Å². The monoisotopic (exact) mass is 285 g/mol. The van der Waals surface area contributed by atoms with Crippen molar-refractivity contribution in [3.63, 3.8) is 0 Å². The largest absolute Gasteiger partial charge is 0.320 e. The molecule has 1 atom stereocenters. The fraction of sp³-hybridized carbons (Fsp3) is 0.417. The first kappa shape index (κ1) is 14.4. The van der Waals surface area contributed by atoms with Crippen LogP contribution in [-0.2, 0) is 0 Å². The first-order chi connectivity index (χ1) is 9.52. The standard InChI is InChI=1S/C12H14F3N5/c1-7-17-19-20(18-7)12(3-4-16-2)8-5-10(14)11(15)6-9(8)13/h5-6,12,16H,3-4H2,1-2H3. The lowest BCUT2D eigenvalue weighted by Crippen LogP contribution is -2.21. The van der Waals surface area contributed by atoms with Crippen molar-refractivity contribution in [2.75, 3.05) is 13.6 Å². The second-order valence-electron chi connectivity index (χ2n) is 4.35. The molecule has 0 spiro atoms. The minimum atomic E-state index is -1.22. The van der Waals surface area contributed by atoms with Crippen LogP contribution < -0.4 is 5.32 Å². The summed E-state index contributed by atoms with van der Waals surface area (Å²) in [7, 11) is 1.73. The number of aromatic nitrogens is 4. The average molecular weight is 285 g/mol. The SMILES string of the molecule is CNCCC(c1cc(F)c(F)cc1F)n1nnc(C)n1. The quantitative estimate of drug-likeness (QED) is 0.848. The number of halogens is 3. The molecule has 1 N–H and O–H groups in total. The second kappa shape index (κ2) is 6.00. The van der Waals surface area contributed by atoms with Crippen LogP contribution in [0.5, 0.6) is 0 Å². The van der Waals surface area contributed by atoms with E-state index in [9.17, 15) is 13.2 Å². The van der Waals surface area contributed by atoms with Crippen LogP contribution in [0, 0.1) is 24.4 Å². The maximum absolute atomic E-state index is 13.9. The van der Waals surface area contributed by atoms with Gasteiger partial charge in [-0.15, -0.1) is 10.2 Å². The molecule has 20 heavy (non-hydrogen) atoms. The van der Waals surface area contributed by atoms with Crippen molar-refractivity contribution in [1.82, 2.24) is 25.5 Å². The Morgan fingerprint density at radius 2 is 1.90 bits per heavy atom. The van der Waals surface area contributed by atoms with E-state index >= 15 is 0 Å². The van der Waals surface area contributed by atoms with Crippen LogP contribution in [0.25, 0.3) is 0 Å². The van der Waals surface area contributed by atoms with Crippen LogP contribution in [0.1, 0.15) is 23.9 Å². The summed E-state index contributed by atoms with van der Waals surface area (Å²) in [6.45, 7) is 2.17. The molecule has 0 fully saturated rings.